The normalized spacial score (nSPS) is 17.8. The third-order valence-corrected chi connectivity index (χ3v) is 7.17. The van der Waals surface area contributed by atoms with Gasteiger partial charge in [0.25, 0.3) is 0 Å². The maximum atomic E-state index is 13.2. The van der Waals surface area contributed by atoms with Gasteiger partial charge < -0.3 is 29.5 Å². The lowest BCUT2D eigenvalue weighted by molar-refractivity contribution is -0.191. The standard InChI is InChI=1S/C26H25F6N7O6/c27-25(28,29)22(41)44-20-16(14-9-35-36-10-14)7-18(40)19(21(20)45-23(42)26(30,31)32)17-11-34-24(38-37-17)39-4-1-13(12-39)8-33-15-2-5-43-6-3-15/h7,9-11,13,15,33,40H,1-6,8,12H2,(H,35,36). The van der Waals surface area contributed by atoms with Gasteiger partial charge in [-0.3, -0.25) is 5.10 Å². The number of anilines is 1. The van der Waals surface area contributed by atoms with Crippen molar-refractivity contribution < 1.29 is 55.2 Å². The number of nitrogens with zero attached hydrogens (tertiary/aromatic N) is 5. The number of nitrogens with one attached hydrogen (secondary N) is 2. The van der Waals surface area contributed by atoms with Gasteiger partial charge in [0.2, 0.25) is 5.95 Å². The van der Waals surface area contributed by atoms with Crippen LogP contribution in [0.5, 0.6) is 17.2 Å². The number of halogens is 6. The number of rotatable bonds is 8. The molecule has 45 heavy (non-hydrogen) atoms. The molecule has 2 aliphatic heterocycles. The van der Waals surface area contributed by atoms with E-state index in [1.54, 1.807) is 0 Å². The van der Waals surface area contributed by atoms with E-state index in [0.717, 1.165) is 50.5 Å². The van der Waals surface area contributed by atoms with Gasteiger partial charge in [0.05, 0.1) is 18.0 Å². The monoisotopic (exact) mass is 645 g/mol. The summed E-state index contributed by atoms with van der Waals surface area (Å²) in [7, 11) is 0. The van der Waals surface area contributed by atoms with Crippen LogP contribution in [-0.4, -0.2) is 93.7 Å². The van der Waals surface area contributed by atoms with Crippen molar-refractivity contribution in [3.05, 3.63) is 24.7 Å². The number of ether oxygens (including phenoxy) is 3. The predicted molar refractivity (Wildman–Crippen MR) is 140 cm³/mol. The van der Waals surface area contributed by atoms with Crippen LogP contribution in [-0.2, 0) is 14.3 Å². The first-order valence-electron chi connectivity index (χ1n) is 13.5. The van der Waals surface area contributed by atoms with E-state index in [9.17, 15) is 41.0 Å². The first kappa shape index (κ1) is 31.9. The third kappa shape index (κ3) is 7.42. The molecule has 0 aliphatic carbocycles. The second-order valence-electron chi connectivity index (χ2n) is 10.3. The van der Waals surface area contributed by atoms with Crippen LogP contribution in [0, 0.1) is 5.92 Å². The molecule has 2 fully saturated rings. The fourth-order valence-electron chi connectivity index (χ4n) is 4.93. The highest BCUT2D eigenvalue weighted by atomic mass is 19.4. The zero-order valence-corrected chi connectivity index (χ0v) is 23.1. The van der Waals surface area contributed by atoms with Gasteiger partial charge >= 0.3 is 24.3 Å². The van der Waals surface area contributed by atoms with Gasteiger partial charge in [0, 0.05) is 49.7 Å². The zero-order chi connectivity index (χ0) is 32.4. The lowest BCUT2D eigenvalue weighted by atomic mass is 10.0. The number of aromatic nitrogens is 5. The molecule has 13 nitrogen and oxygen atoms in total. The molecule has 3 aromatic rings. The first-order chi connectivity index (χ1) is 21.3. The van der Waals surface area contributed by atoms with Crippen LogP contribution >= 0.6 is 0 Å². The number of hydrogen-bond donors (Lipinski definition) is 3. The summed E-state index contributed by atoms with van der Waals surface area (Å²) in [6, 6.07) is 1.13. The number of carbonyl (C=O) groups is 2. The Morgan fingerprint density at radius 2 is 1.71 bits per heavy atom. The molecule has 3 N–H and O–H groups in total. The summed E-state index contributed by atoms with van der Waals surface area (Å²) >= 11 is 0. The van der Waals surface area contributed by atoms with Crippen molar-refractivity contribution in [3.63, 3.8) is 0 Å². The first-order valence-corrected chi connectivity index (χ1v) is 13.5. The summed E-state index contributed by atoms with van der Waals surface area (Å²) in [6.45, 7) is 3.28. The molecule has 1 aromatic carbocycles. The van der Waals surface area contributed by atoms with E-state index in [1.807, 2.05) is 4.90 Å². The SMILES string of the molecule is O=C(Oc1c(-c2cn[nH]c2)cc(O)c(-c2cnc(N3CCC(CNC4CCOCC4)C3)nn2)c1OC(=O)C(F)(F)F)C(F)(F)F. The van der Waals surface area contributed by atoms with Gasteiger partial charge in [-0.2, -0.15) is 31.4 Å². The second-order valence-corrected chi connectivity index (χ2v) is 10.3. The Morgan fingerprint density at radius 3 is 2.31 bits per heavy atom. The number of alkyl halides is 6. The molecule has 1 atom stereocenters. The number of hydrogen-bond acceptors (Lipinski definition) is 12. The molecule has 4 heterocycles. The minimum Gasteiger partial charge on any atom is -0.507 e. The molecular formula is C26H25F6N7O6. The second kappa shape index (κ2) is 12.8. The molecule has 2 aromatic heterocycles. The Bertz CT molecular complexity index is 1510. The van der Waals surface area contributed by atoms with E-state index in [2.05, 4.69) is 40.2 Å². The molecular weight excluding hydrogens is 620 g/mol. The molecule has 0 amide bonds. The fourth-order valence-corrected chi connectivity index (χ4v) is 4.93. The number of benzene rings is 1. The van der Waals surface area contributed by atoms with E-state index < -0.39 is 58.4 Å². The highest BCUT2D eigenvalue weighted by Gasteiger charge is 2.45. The van der Waals surface area contributed by atoms with Crippen LogP contribution in [0.1, 0.15) is 19.3 Å². The average Bonchev–Trinajstić information content (AvgIpc) is 3.70. The Morgan fingerprint density at radius 1 is 1.02 bits per heavy atom. The molecule has 0 bridgehead atoms. The van der Waals surface area contributed by atoms with E-state index >= 15 is 0 Å². The summed E-state index contributed by atoms with van der Waals surface area (Å²) in [4.78, 5) is 29.7. The lowest BCUT2D eigenvalue weighted by Gasteiger charge is -2.24. The van der Waals surface area contributed by atoms with Crippen molar-refractivity contribution in [3.8, 4) is 39.6 Å². The van der Waals surface area contributed by atoms with Crippen LogP contribution in [0.15, 0.2) is 24.7 Å². The zero-order valence-electron chi connectivity index (χ0n) is 23.1. The quantitative estimate of drug-likeness (QED) is 0.187. The summed E-state index contributed by atoms with van der Waals surface area (Å²) in [5.74, 6) is -8.89. The number of aromatic hydroxyl groups is 1. The Hall–Kier alpha value is -4.52. The largest absolute Gasteiger partial charge is 0.507 e. The maximum Gasteiger partial charge on any atom is 0.491 e. The van der Waals surface area contributed by atoms with E-state index in [4.69, 9.17) is 4.74 Å². The molecule has 19 heteroatoms. The van der Waals surface area contributed by atoms with Crippen LogP contribution in [0.25, 0.3) is 22.4 Å². The number of aromatic amines is 1. The van der Waals surface area contributed by atoms with Crippen LogP contribution in [0.2, 0.25) is 0 Å². The number of phenolic OH excluding ortho intramolecular Hbond substituents is 1. The Kier molecular flexibility index (Phi) is 9.10. The summed E-state index contributed by atoms with van der Waals surface area (Å²) in [5, 5.41) is 28.2. The predicted octanol–water partition coefficient (Wildman–Crippen LogP) is 3.16. The van der Waals surface area contributed by atoms with Gasteiger partial charge in [-0.1, -0.05) is 0 Å². The van der Waals surface area contributed by atoms with Crippen molar-refractivity contribution >= 4 is 17.9 Å². The van der Waals surface area contributed by atoms with Gasteiger partial charge in [-0.25, -0.2) is 14.6 Å². The fraction of sp³-hybridized carbons (Fsp3) is 0.462. The smallest absolute Gasteiger partial charge is 0.491 e. The number of H-pyrrole nitrogens is 1. The summed E-state index contributed by atoms with van der Waals surface area (Å²) in [6.07, 6.45) is -5.54. The molecule has 2 aliphatic rings. The van der Waals surface area contributed by atoms with E-state index in [-0.39, 0.29) is 17.4 Å². The summed E-state index contributed by atoms with van der Waals surface area (Å²) < 4.78 is 93.5. The van der Waals surface area contributed by atoms with Crippen molar-refractivity contribution in [1.82, 2.24) is 30.7 Å². The number of phenols is 1. The molecule has 242 valence electrons. The maximum absolute atomic E-state index is 13.2. The highest BCUT2D eigenvalue weighted by Crippen LogP contribution is 2.50. The number of esters is 2. The molecule has 0 radical (unpaired) electrons. The van der Waals surface area contributed by atoms with Crippen molar-refractivity contribution in [2.75, 3.05) is 37.7 Å². The van der Waals surface area contributed by atoms with Crippen molar-refractivity contribution in [2.45, 2.75) is 37.7 Å². The van der Waals surface area contributed by atoms with Crippen LogP contribution < -0.4 is 19.7 Å². The highest BCUT2D eigenvalue weighted by molar-refractivity contribution is 5.92. The molecule has 2 saturated heterocycles. The third-order valence-electron chi connectivity index (χ3n) is 7.17. The summed E-state index contributed by atoms with van der Waals surface area (Å²) in [5.41, 5.74) is -2.04. The van der Waals surface area contributed by atoms with E-state index in [0.29, 0.717) is 32.3 Å². The average molecular weight is 646 g/mol. The van der Waals surface area contributed by atoms with Gasteiger partial charge in [0.1, 0.15) is 11.4 Å². The topological polar surface area (TPSA) is 165 Å². The number of carbonyl (C=O) groups excluding carboxylic acids is 2. The minimum absolute atomic E-state index is 0.138. The molecule has 0 spiro atoms. The Balaban J connectivity index is 1.47. The Labute approximate surface area is 249 Å². The molecule has 1 unspecified atom stereocenters. The van der Waals surface area contributed by atoms with Gasteiger partial charge in [-0.15, -0.1) is 10.2 Å². The molecule has 5 rings (SSSR count). The molecule has 0 saturated carbocycles. The lowest BCUT2D eigenvalue weighted by Crippen LogP contribution is -2.38. The van der Waals surface area contributed by atoms with Crippen LogP contribution in [0.4, 0.5) is 32.3 Å². The van der Waals surface area contributed by atoms with Crippen molar-refractivity contribution in [2.24, 2.45) is 5.92 Å². The van der Waals surface area contributed by atoms with Crippen LogP contribution in [0.3, 0.4) is 0 Å². The van der Waals surface area contributed by atoms with Crippen molar-refractivity contribution in [1.29, 1.82) is 0 Å². The van der Waals surface area contributed by atoms with E-state index in [1.165, 1.54) is 0 Å². The van der Waals surface area contributed by atoms with Gasteiger partial charge in [-0.05, 0) is 37.8 Å². The minimum atomic E-state index is -5.64. The van der Waals surface area contributed by atoms with Gasteiger partial charge in [0.15, 0.2) is 11.5 Å².